The van der Waals surface area contributed by atoms with Crippen molar-refractivity contribution in [2.45, 2.75) is 65.6 Å². The number of hydrogen-bond acceptors (Lipinski definition) is 19. The first kappa shape index (κ1) is 68.6. The van der Waals surface area contributed by atoms with Crippen molar-refractivity contribution in [3.8, 4) is 41.0 Å². The SMILES string of the molecule is Cc1cnc(C)c(Oc2cc([C@H]3CC(=O)N(c4ccc(S(N)(=O)=O)cc4)C3)ccc2Cl)n1.N#Cc1nccnc1Oc1cc([C@H]2CC(=O)N(c3ccc(S(N)(=O)=O)cc3)C2)ccc1Cl.NS(=O)(=O)c1ccc(N2C[C@@H](c3ccc(Cl)c(Oc4ccc(Cl)nn4)c3)CC2=O)cc1. The lowest BCUT2D eigenvalue weighted by Gasteiger charge is -2.18. The number of aryl methyl sites for hydroxylation is 2. The highest BCUT2D eigenvalue weighted by Crippen LogP contribution is 2.41. The fourth-order valence-electron chi connectivity index (χ4n) is 10.3. The Morgan fingerprint density at radius 1 is 0.484 bits per heavy atom. The van der Waals surface area contributed by atoms with E-state index in [0.717, 1.165) is 22.4 Å². The Labute approximate surface area is 565 Å². The van der Waals surface area contributed by atoms with Gasteiger partial charge in [-0.3, -0.25) is 19.4 Å². The lowest BCUT2D eigenvalue weighted by atomic mass is 9.98. The van der Waals surface area contributed by atoms with Crippen molar-refractivity contribution in [3.05, 3.63) is 212 Å². The number of nitriles is 1. The predicted molar refractivity (Wildman–Crippen MR) is 352 cm³/mol. The zero-order valence-electron chi connectivity index (χ0n) is 49.8. The van der Waals surface area contributed by atoms with Gasteiger partial charge >= 0.3 is 0 Å². The van der Waals surface area contributed by atoms with Crippen LogP contribution in [0.4, 0.5) is 17.1 Å². The monoisotopic (exact) mass is 1420 g/mol. The highest BCUT2D eigenvalue weighted by atomic mass is 35.5. The first-order valence-electron chi connectivity index (χ1n) is 28.3. The predicted octanol–water partition coefficient (Wildman–Crippen LogP) is 10.4. The normalized spacial score (nSPS) is 16.4. The number of nitrogens with two attached hydrogens (primary N) is 3. The molecular formula is C63H53Cl4N13O12S3. The topological polar surface area (TPSA) is 370 Å². The summed E-state index contributed by atoms with van der Waals surface area (Å²) in [5, 5.41) is 33.5. The van der Waals surface area contributed by atoms with E-state index < -0.39 is 30.1 Å². The summed E-state index contributed by atoms with van der Waals surface area (Å²) in [7, 11) is -11.4. The van der Waals surface area contributed by atoms with Crippen molar-refractivity contribution in [1.29, 1.82) is 5.26 Å². The summed E-state index contributed by atoms with van der Waals surface area (Å²) in [5.74, 6) is 1.23. The lowest BCUT2D eigenvalue weighted by molar-refractivity contribution is -0.118. The van der Waals surface area contributed by atoms with Crippen LogP contribution in [0.2, 0.25) is 20.2 Å². The Balaban J connectivity index is 0.000000155. The number of ether oxygens (including phenoxy) is 3. The molecule has 3 saturated heterocycles. The van der Waals surface area contributed by atoms with Crippen LogP contribution in [0.15, 0.2) is 173 Å². The number of sulfonamides is 3. The number of carbonyl (C=O) groups excluding carboxylic acids is 3. The molecule has 0 bridgehead atoms. The molecule has 3 amide bonds. The Bertz CT molecular complexity index is 4830. The molecule has 3 fully saturated rings. The minimum absolute atomic E-state index is 0.00141. The third-order valence-corrected chi connectivity index (χ3v) is 19.1. The molecule has 9 aromatic rings. The molecule has 3 aliphatic rings. The molecule has 12 rings (SSSR count). The first-order chi connectivity index (χ1) is 45.1. The fraction of sp³-hybridized carbons (Fsp3) is 0.175. The van der Waals surface area contributed by atoms with E-state index in [9.17, 15) is 44.9 Å². The molecule has 0 spiro atoms. The second-order valence-electron chi connectivity index (χ2n) is 21.6. The summed E-state index contributed by atoms with van der Waals surface area (Å²) < 4.78 is 86.1. The molecule has 488 valence electrons. The molecule has 0 aliphatic carbocycles. The highest BCUT2D eigenvalue weighted by Gasteiger charge is 2.35. The molecule has 6 heterocycles. The summed E-state index contributed by atoms with van der Waals surface area (Å²) in [6.45, 7) is 4.89. The van der Waals surface area contributed by atoms with Crippen molar-refractivity contribution >= 4 is 111 Å². The largest absolute Gasteiger partial charge is 0.436 e. The molecule has 3 aliphatic heterocycles. The van der Waals surface area contributed by atoms with Gasteiger partial charge in [0, 0.05) is 98.4 Å². The van der Waals surface area contributed by atoms with Gasteiger partial charge in [0.1, 0.15) is 23.3 Å². The number of aromatic nitrogens is 6. The van der Waals surface area contributed by atoms with Crippen molar-refractivity contribution in [1.82, 2.24) is 30.1 Å². The van der Waals surface area contributed by atoms with E-state index in [4.69, 9.17) is 76.0 Å². The van der Waals surface area contributed by atoms with Crippen LogP contribution >= 0.6 is 46.4 Å². The van der Waals surface area contributed by atoms with E-state index >= 15 is 0 Å². The van der Waals surface area contributed by atoms with E-state index in [1.165, 1.54) is 48.8 Å². The number of carbonyl (C=O) groups is 3. The van der Waals surface area contributed by atoms with Gasteiger partial charge in [0.15, 0.2) is 5.15 Å². The van der Waals surface area contributed by atoms with Crippen LogP contribution in [0.25, 0.3) is 0 Å². The maximum absolute atomic E-state index is 12.7. The molecule has 0 saturated carbocycles. The Morgan fingerprint density at radius 2 is 0.863 bits per heavy atom. The molecule has 6 N–H and O–H groups in total. The molecule has 32 heteroatoms. The molecule has 0 radical (unpaired) electrons. The molecule has 25 nitrogen and oxygen atoms in total. The van der Waals surface area contributed by atoms with Gasteiger partial charge in [-0.2, -0.15) is 5.26 Å². The second-order valence-corrected chi connectivity index (χ2v) is 27.9. The number of rotatable bonds is 15. The van der Waals surface area contributed by atoms with Gasteiger partial charge in [0.2, 0.25) is 65.2 Å². The smallest absolute Gasteiger partial charge is 0.256 e. The number of halogens is 4. The van der Waals surface area contributed by atoms with Gasteiger partial charge in [0.05, 0.1) is 41.1 Å². The summed E-state index contributed by atoms with van der Waals surface area (Å²) in [6.07, 6.45) is 5.31. The zero-order valence-corrected chi connectivity index (χ0v) is 55.3. The van der Waals surface area contributed by atoms with Gasteiger partial charge in [-0.25, -0.2) is 55.6 Å². The number of primary sulfonamides is 3. The van der Waals surface area contributed by atoms with E-state index in [1.807, 2.05) is 37.3 Å². The minimum Gasteiger partial charge on any atom is -0.436 e. The third-order valence-electron chi connectivity index (χ3n) is 15.1. The quantitative estimate of drug-likeness (QED) is 0.0858. The van der Waals surface area contributed by atoms with Gasteiger partial charge < -0.3 is 28.9 Å². The van der Waals surface area contributed by atoms with Crippen LogP contribution in [-0.4, -0.2) is 92.7 Å². The van der Waals surface area contributed by atoms with Crippen molar-refractivity contribution in [3.63, 3.8) is 0 Å². The van der Waals surface area contributed by atoms with Crippen molar-refractivity contribution < 1.29 is 53.8 Å². The van der Waals surface area contributed by atoms with Crippen LogP contribution in [0.1, 0.15) is 70.8 Å². The maximum Gasteiger partial charge on any atom is 0.256 e. The number of amides is 3. The van der Waals surface area contributed by atoms with Crippen LogP contribution in [0.3, 0.4) is 0 Å². The molecule has 95 heavy (non-hydrogen) atoms. The Kier molecular flexibility index (Phi) is 20.8. The average Bonchev–Trinajstić information content (AvgIpc) is 1.71. The van der Waals surface area contributed by atoms with Crippen LogP contribution in [0.5, 0.6) is 34.9 Å². The van der Waals surface area contributed by atoms with Crippen molar-refractivity contribution in [2.24, 2.45) is 15.4 Å². The fourth-order valence-corrected chi connectivity index (χ4v) is 12.4. The molecule has 0 unspecified atom stereocenters. The summed E-state index contributed by atoms with van der Waals surface area (Å²) >= 11 is 24.6. The van der Waals surface area contributed by atoms with Crippen molar-refractivity contribution in [2.75, 3.05) is 34.3 Å². The van der Waals surface area contributed by atoms with Gasteiger partial charge in [-0.05, 0) is 146 Å². The van der Waals surface area contributed by atoms with Crippen LogP contribution < -0.4 is 44.3 Å². The Hall–Kier alpha value is -9.25. The zero-order chi connectivity index (χ0) is 68.1. The number of nitrogens with zero attached hydrogens (tertiary/aromatic N) is 10. The highest BCUT2D eigenvalue weighted by molar-refractivity contribution is 7.89. The maximum atomic E-state index is 12.7. The Morgan fingerprint density at radius 3 is 1.23 bits per heavy atom. The second kappa shape index (κ2) is 28.8. The summed E-state index contributed by atoms with van der Waals surface area (Å²) in [4.78, 5) is 59.3. The molecule has 3 atom stereocenters. The van der Waals surface area contributed by atoms with E-state index in [0.29, 0.717) is 93.4 Å². The minimum atomic E-state index is -3.81. The number of hydrogen-bond donors (Lipinski definition) is 3. The lowest BCUT2D eigenvalue weighted by Crippen LogP contribution is -2.24. The standard InChI is InChI=1S/C22H21ClN4O4S.C21H16ClN5O4S.C20H16Cl2N4O4S/c1-13-11-25-14(2)22(26-13)31-20-9-15(3-8-19(20)23)16-10-21(28)27(12-16)17-4-6-18(7-5-17)32(24,29)30;22-17-6-1-13(9-19(17)31-21-18(11-23)25-7-8-26-21)14-10-20(28)27(12-14)15-2-4-16(5-3-15)32(24,29)30;21-16-6-1-12(9-17(16)30-19-8-7-18(22)24-25-19)13-10-20(27)26(11-13)14-2-4-15(5-3-14)31(23,28)29/h3-9,11,16H,10,12H2,1-2H3,(H2,24,29,30);1-9,14H,10,12H2,(H2,24,29,30);1-9,13H,10-11H2,(H2,23,28,29)/t16-;14-;13-/m000/s1. The molecule has 6 aromatic carbocycles. The first-order valence-corrected chi connectivity index (χ1v) is 34.5. The van der Waals surface area contributed by atoms with E-state index in [2.05, 4.69) is 30.1 Å². The molecular weight excluding hydrogens is 1370 g/mol. The van der Waals surface area contributed by atoms with E-state index in [-0.39, 0.29) is 79.2 Å². The van der Waals surface area contributed by atoms with Gasteiger partial charge in [0.25, 0.3) is 5.88 Å². The summed E-state index contributed by atoms with van der Waals surface area (Å²) in [6, 6.07) is 38.6. The van der Waals surface area contributed by atoms with Gasteiger partial charge in [-0.1, -0.05) is 64.6 Å². The van der Waals surface area contributed by atoms with Gasteiger partial charge in [-0.15, -0.1) is 10.2 Å². The van der Waals surface area contributed by atoms with E-state index in [1.54, 1.807) is 107 Å². The van der Waals surface area contributed by atoms with Crippen LogP contribution in [0, 0.1) is 25.2 Å². The average molecular weight is 1420 g/mol. The number of anilines is 3. The molecule has 3 aromatic heterocycles. The van der Waals surface area contributed by atoms with Crippen LogP contribution in [-0.2, 0) is 44.5 Å². The summed E-state index contributed by atoms with van der Waals surface area (Å²) in [5.41, 5.74) is 5.78. The number of benzene rings is 6. The third kappa shape index (κ3) is 16.8.